The summed E-state index contributed by atoms with van der Waals surface area (Å²) in [7, 11) is 0. The fourth-order valence-corrected chi connectivity index (χ4v) is 2.29. The molecule has 1 saturated heterocycles. The fourth-order valence-electron chi connectivity index (χ4n) is 2.29. The first-order valence-corrected chi connectivity index (χ1v) is 6.51. The first-order chi connectivity index (χ1) is 8.27. The Morgan fingerprint density at radius 1 is 1.41 bits per heavy atom. The van der Waals surface area contributed by atoms with Crippen molar-refractivity contribution >= 4 is 5.95 Å². The Kier molecular flexibility index (Phi) is 4.31. The molecule has 0 amide bonds. The number of aromatic nitrogens is 2. The molecule has 1 aromatic rings. The van der Waals surface area contributed by atoms with Gasteiger partial charge in [-0.3, -0.25) is 0 Å². The van der Waals surface area contributed by atoms with E-state index in [4.69, 9.17) is 0 Å². The lowest BCUT2D eigenvalue weighted by Gasteiger charge is -2.25. The molecule has 4 nitrogen and oxygen atoms in total. The second-order valence-corrected chi connectivity index (χ2v) is 5.09. The van der Waals surface area contributed by atoms with Crippen LogP contribution in [0.1, 0.15) is 26.7 Å². The predicted molar refractivity (Wildman–Crippen MR) is 70.1 cm³/mol. The highest BCUT2D eigenvalue weighted by Crippen LogP contribution is 2.21. The van der Waals surface area contributed by atoms with Crippen molar-refractivity contribution in [3.05, 3.63) is 18.5 Å². The van der Waals surface area contributed by atoms with Gasteiger partial charge >= 0.3 is 0 Å². The summed E-state index contributed by atoms with van der Waals surface area (Å²) in [5.74, 6) is 1.58. The molecule has 17 heavy (non-hydrogen) atoms. The fraction of sp³-hybridized carbons (Fsp3) is 0.692. The van der Waals surface area contributed by atoms with Crippen LogP contribution in [0, 0.1) is 5.92 Å². The SMILES string of the molecule is CC(C)CNCC1CCCN1c1ncccn1. The maximum Gasteiger partial charge on any atom is 0.225 e. The van der Waals surface area contributed by atoms with E-state index in [1.807, 2.05) is 18.5 Å². The van der Waals surface area contributed by atoms with Crippen LogP contribution < -0.4 is 10.2 Å². The number of hydrogen-bond donors (Lipinski definition) is 1. The van der Waals surface area contributed by atoms with Crippen molar-refractivity contribution in [2.45, 2.75) is 32.7 Å². The quantitative estimate of drug-likeness (QED) is 0.842. The van der Waals surface area contributed by atoms with E-state index < -0.39 is 0 Å². The van der Waals surface area contributed by atoms with E-state index in [0.717, 1.165) is 25.6 Å². The molecule has 1 fully saturated rings. The summed E-state index contributed by atoms with van der Waals surface area (Å²) >= 11 is 0. The highest BCUT2D eigenvalue weighted by Gasteiger charge is 2.25. The van der Waals surface area contributed by atoms with Gasteiger partial charge in [-0.2, -0.15) is 0 Å². The monoisotopic (exact) mass is 234 g/mol. The second kappa shape index (κ2) is 5.96. The van der Waals surface area contributed by atoms with E-state index in [-0.39, 0.29) is 0 Å². The van der Waals surface area contributed by atoms with Crippen molar-refractivity contribution in [1.82, 2.24) is 15.3 Å². The average molecular weight is 234 g/mol. The zero-order valence-corrected chi connectivity index (χ0v) is 10.8. The highest BCUT2D eigenvalue weighted by atomic mass is 15.3. The largest absolute Gasteiger partial charge is 0.337 e. The first kappa shape index (κ1) is 12.3. The van der Waals surface area contributed by atoms with Crippen LogP contribution in [-0.4, -0.2) is 35.6 Å². The summed E-state index contributed by atoms with van der Waals surface area (Å²) in [6, 6.07) is 2.42. The summed E-state index contributed by atoms with van der Waals surface area (Å²) in [6.07, 6.45) is 6.12. The van der Waals surface area contributed by atoms with Crippen LogP contribution in [-0.2, 0) is 0 Å². The van der Waals surface area contributed by atoms with Gasteiger partial charge in [-0.1, -0.05) is 13.8 Å². The Labute approximate surface area is 103 Å². The van der Waals surface area contributed by atoms with Crippen molar-refractivity contribution in [1.29, 1.82) is 0 Å². The van der Waals surface area contributed by atoms with Crippen molar-refractivity contribution in [3.63, 3.8) is 0 Å². The van der Waals surface area contributed by atoms with Gasteiger partial charge in [0.15, 0.2) is 0 Å². The third-order valence-corrected chi connectivity index (χ3v) is 3.12. The number of rotatable bonds is 5. The van der Waals surface area contributed by atoms with Crippen molar-refractivity contribution < 1.29 is 0 Å². The van der Waals surface area contributed by atoms with Gasteiger partial charge in [-0.25, -0.2) is 9.97 Å². The number of hydrogen-bond acceptors (Lipinski definition) is 4. The molecule has 1 aromatic heterocycles. The molecule has 0 aromatic carbocycles. The summed E-state index contributed by atoms with van der Waals surface area (Å²) in [6.45, 7) is 7.67. The van der Waals surface area contributed by atoms with Crippen LogP contribution in [0.15, 0.2) is 18.5 Å². The molecule has 94 valence electrons. The van der Waals surface area contributed by atoms with Crippen molar-refractivity contribution in [3.8, 4) is 0 Å². The van der Waals surface area contributed by atoms with E-state index >= 15 is 0 Å². The molecule has 1 aliphatic rings. The Morgan fingerprint density at radius 3 is 2.88 bits per heavy atom. The van der Waals surface area contributed by atoms with Gasteiger partial charge in [0.05, 0.1) is 0 Å². The Bertz CT molecular complexity index is 325. The Balaban J connectivity index is 1.89. The van der Waals surface area contributed by atoms with Crippen LogP contribution in [0.5, 0.6) is 0 Å². The third-order valence-electron chi connectivity index (χ3n) is 3.12. The molecule has 0 bridgehead atoms. The van der Waals surface area contributed by atoms with Crippen molar-refractivity contribution in [2.75, 3.05) is 24.5 Å². The molecule has 0 aliphatic carbocycles. The molecule has 2 heterocycles. The average Bonchev–Trinajstić information content (AvgIpc) is 2.78. The van der Waals surface area contributed by atoms with Gasteiger partial charge in [0.2, 0.25) is 5.95 Å². The summed E-state index contributed by atoms with van der Waals surface area (Å²) < 4.78 is 0. The third kappa shape index (κ3) is 3.40. The van der Waals surface area contributed by atoms with Crippen LogP contribution in [0.2, 0.25) is 0 Å². The first-order valence-electron chi connectivity index (χ1n) is 6.51. The molecular formula is C13H22N4. The zero-order chi connectivity index (χ0) is 12.1. The molecule has 2 rings (SSSR count). The Hall–Kier alpha value is -1.16. The van der Waals surface area contributed by atoms with Crippen LogP contribution in [0.4, 0.5) is 5.95 Å². The number of nitrogens with one attached hydrogen (secondary N) is 1. The number of anilines is 1. The van der Waals surface area contributed by atoms with Gasteiger partial charge in [0, 0.05) is 31.5 Å². The van der Waals surface area contributed by atoms with Crippen molar-refractivity contribution in [2.24, 2.45) is 5.92 Å². The van der Waals surface area contributed by atoms with Gasteiger partial charge in [-0.15, -0.1) is 0 Å². The maximum absolute atomic E-state index is 4.34. The second-order valence-electron chi connectivity index (χ2n) is 5.09. The van der Waals surface area contributed by atoms with Crippen LogP contribution in [0.3, 0.4) is 0 Å². The highest BCUT2D eigenvalue weighted by molar-refractivity contribution is 5.32. The normalized spacial score (nSPS) is 20.2. The lowest BCUT2D eigenvalue weighted by molar-refractivity contribution is 0.510. The minimum absolute atomic E-state index is 0.552. The summed E-state index contributed by atoms with van der Waals surface area (Å²) in [5.41, 5.74) is 0. The van der Waals surface area contributed by atoms with E-state index in [0.29, 0.717) is 12.0 Å². The lowest BCUT2D eigenvalue weighted by Crippen LogP contribution is -2.39. The maximum atomic E-state index is 4.34. The predicted octanol–water partition coefficient (Wildman–Crippen LogP) is 1.69. The topological polar surface area (TPSA) is 41.0 Å². The molecule has 1 N–H and O–H groups in total. The van der Waals surface area contributed by atoms with E-state index in [1.54, 1.807) is 0 Å². The Morgan fingerprint density at radius 2 is 2.18 bits per heavy atom. The summed E-state index contributed by atoms with van der Waals surface area (Å²) in [4.78, 5) is 11.0. The molecule has 1 aliphatic heterocycles. The molecule has 4 heteroatoms. The molecule has 0 radical (unpaired) electrons. The molecular weight excluding hydrogens is 212 g/mol. The smallest absolute Gasteiger partial charge is 0.225 e. The van der Waals surface area contributed by atoms with Gasteiger partial charge in [-0.05, 0) is 31.4 Å². The zero-order valence-electron chi connectivity index (χ0n) is 10.8. The molecule has 0 saturated carbocycles. The minimum atomic E-state index is 0.552. The van der Waals surface area contributed by atoms with E-state index in [1.165, 1.54) is 12.8 Å². The van der Waals surface area contributed by atoms with E-state index in [9.17, 15) is 0 Å². The standard InChI is InChI=1S/C13H22N4/c1-11(2)9-14-10-12-5-3-8-17(12)13-15-6-4-7-16-13/h4,6-7,11-12,14H,3,5,8-10H2,1-2H3. The molecule has 0 spiro atoms. The lowest BCUT2D eigenvalue weighted by atomic mass is 10.2. The van der Waals surface area contributed by atoms with Gasteiger partial charge in [0.1, 0.15) is 0 Å². The van der Waals surface area contributed by atoms with E-state index in [2.05, 4.69) is 34.0 Å². The van der Waals surface area contributed by atoms with Crippen LogP contribution in [0.25, 0.3) is 0 Å². The number of nitrogens with zero attached hydrogens (tertiary/aromatic N) is 3. The molecule has 1 atom stereocenters. The van der Waals surface area contributed by atoms with Gasteiger partial charge < -0.3 is 10.2 Å². The summed E-state index contributed by atoms with van der Waals surface area (Å²) in [5, 5.41) is 3.53. The molecule has 1 unspecified atom stereocenters. The van der Waals surface area contributed by atoms with Gasteiger partial charge in [0.25, 0.3) is 0 Å². The van der Waals surface area contributed by atoms with Crippen LogP contribution >= 0.6 is 0 Å². The minimum Gasteiger partial charge on any atom is -0.337 e.